The second-order valence-electron chi connectivity index (χ2n) is 4.13. The minimum absolute atomic E-state index is 0. The Morgan fingerprint density at radius 3 is 2.20 bits per heavy atom. The van der Waals surface area contributed by atoms with Gasteiger partial charge in [-0.1, -0.05) is 26.8 Å². The van der Waals surface area contributed by atoms with Gasteiger partial charge in [-0.15, -0.1) is 0 Å². The van der Waals surface area contributed by atoms with Gasteiger partial charge in [-0.3, -0.25) is 4.21 Å². The van der Waals surface area contributed by atoms with Crippen LogP contribution in [0.15, 0.2) is 23.1 Å². The van der Waals surface area contributed by atoms with Crippen molar-refractivity contribution in [3.05, 3.63) is 29.6 Å². The Balaban J connectivity index is 0.00000196. The predicted molar refractivity (Wildman–Crippen MR) is 52.3 cm³/mol. The van der Waals surface area contributed by atoms with Crippen molar-refractivity contribution in [2.24, 2.45) is 0 Å². The summed E-state index contributed by atoms with van der Waals surface area (Å²) < 4.78 is 34.5. The van der Waals surface area contributed by atoms with Gasteiger partial charge in [0, 0.05) is 4.90 Å². The quantitative estimate of drug-likeness (QED) is 0.482. The molecule has 0 spiro atoms. The largest absolute Gasteiger partial charge is 1.00 e. The molecule has 0 aliphatic rings. The molecule has 0 aliphatic heterocycles. The van der Waals surface area contributed by atoms with E-state index in [0.717, 1.165) is 6.07 Å². The van der Waals surface area contributed by atoms with Gasteiger partial charge < -0.3 is 4.55 Å². The molecule has 0 amide bonds. The molecule has 0 aromatic heterocycles. The molecule has 1 atom stereocenters. The van der Waals surface area contributed by atoms with Crippen molar-refractivity contribution >= 4 is 11.1 Å². The molecule has 0 heterocycles. The monoisotopic (exact) mass is 238 g/mol. The zero-order chi connectivity index (χ0) is 10.9. The van der Waals surface area contributed by atoms with Gasteiger partial charge in [-0.05, 0) is 34.2 Å². The molecule has 0 bridgehead atoms. The van der Waals surface area contributed by atoms with E-state index in [1.165, 1.54) is 12.1 Å². The fourth-order valence-corrected chi connectivity index (χ4v) is 1.59. The minimum atomic E-state index is -2.36. The maximum atomic E-state index is 13.4. The first-order valence-corrected chi connectivity index (χ1v) is 5.29. The predicted octanol–water partition coefficient (Wildman–Crippen LogP) is -0.635. The first-order chi connectivity index (χ1) is 6.32. The third-order valence-electron chi connectivity index (χ3n) is 1.94. The molecule has 1 rings (SSSR count). The van der Waals surface area contributed by atoms with Crippen molar-refractivity contribution in [1.82, 2.24) is 0 Å². The Morgan fingerprint density at radius 1 is 1.33 bits per heavy atom. The van der Waals surface area contributed by atoms with Crippen molar-refractivity contribution in [3.8, 4) is 0 Å². The van der Waals surface area contributed by atoms with Gasteiger partial charge in [-0.2, -0.15) is 0 Å². The van der Waals surface area contributed by atoms with Gasteiger partial charge in [0.05, 0.1) is 0 Å². The van der Waals surface area contributed by atoms with E-state index in [0.29, 0.717) is 5.56 Å². The molecule has 0 fully saturated rings. The molecule has 2 nitrogen and oxygen atoms in total. The van der Waals surface area contributed by atoms with E-state index in [1.54, 1.807) is 0 Å². The van der Waals surface area contributed by atoms with Gasteiger partial charge in [0.2, 0.25) is 0 Å². The van der Waals surface area contributed by atoms with Crippen LogP contribution in [-0.4, -0.2) is 8.76 Å². The maximum absolute atomic E-state index is 13.4. The summed E-state index contributed by atoms with van der Waals surface area (Å²) in [5.41, 5.74) is 0.208. The van der Waals surface area contributed by atoms with Crippen molar-refractivity contribution in [2.45, 2.75) is 31.1 Å². The van der Waals surface area contributed by atoms with Gasteiger partial charge in [0.15, 0.2) is 0 Å². The van der Waals surface area contributed by atoms with E-state index in [1.807, 2.05) is 20.8 Å². The van der Waals surface area contributed by atoms with Crippen LogP contribution in [0.25, 0.3) is 0 Å². The summed E-state index contributed by atoms with van der Waals surface area (Å²) >= 11 is -2.36. The molecule has 1 aromatic carbocycles. The van der Waals surface area contributed by atoms with Crippen LogP contribution in [0.5, 0.6) is 0 Å². The third-order valence-corrected chi connectivity index (χ3v) is 2.58. The van der Waals surface area contributed by atoms with Crippen LogP contribution in [-0.2, 0) is 16.5 Å². The van der Waals surface area contributed by atoms with E-state index < -0.39 is 16.9 Å². The Kier molecular flexibility index (Phi) is 5.64. The number of hydrogen-bond acceptors (Lipinski definition) is 2. The topological polar surface area (TPSA) is 40.1 Å². The second-order valence-corrected chi connectivity index (χ2v) is 5.07. The molecule has 78 valence electrons. The van der Waals surface area contributed by atoms with Gasteiger partial charge in [-0.25, -0.2) is 4.39 Å². The van der Waals surface area contributed by atoms with E-state index in [2.05, 4.69) is 0 Å². The number of rotatable bonds is 1. The molecule has 1 unspecified atom stereocenters. The van der Waals surface area contributed by atoms with Crippen molar-refractivity contribution in [1.29, 1.82) is 0 Å². The number of halogens is 1. The Bertz CT molecular complexity index is 374. The minimum Gasteiger partial charge on any atom is -0.768 e. The van der Waals surface area contributed by atoms with Gasteiger partial charge >= 0.3 is 29.6 Å². The summed E-state index contributed by atoms with van der Waals surface area (Å²) in [5.74, 6) is -0.473. The number of hydrogen-bond donors (Lipinski definition) is 0. The van der Waals surface area contributed by atoms with E-state index in [-0.39, 0.29) is 39.9 Å². The summed E-state index contributed by atoms with van der Waals surface area (Å²) in [6.45, 7) is 5.62. The van der Waals surface area contributed by atoms with Crippen LogP contribution in [0.3, 0.4) is 0 Å². The molecular formula is C10H12FNaO2S. The van der Waals surface area contributed by atoms with Crippen molar-refractivity contribution in [2.75, 3.05) is 0 Å². The molecule has 0 aliphatic carbocycles. The zero-order valence-corrected chi connectivity index (χ0v) is 12.2. The van der Waals surface area contributed by atoms with Crippen molar-refractivity contribution < 1.29 is 42.7 Å². The summed E-state index contributed by atoms with van der Waals surface area (Å²) in [5, 5.41) is 0. The number of benzene rings is 1. The Hall–Kier alpha value is 0.260. The molecule has 0 saturated heterocycles. The first kappa shape index (κ1) is 15.3. The molecule has 5 heteroatoms. The van der Waals surface area contributed by atoms with Gasteiger partial charge in [0.25, 0.3) is 0 Å². The Morgan fingerprint density at radius 2 is 1.87 bits per heavy atom. The fourth-order valence-electron chi connectivity index (χ4n) is 1.21. The molecule has 0 radical (unpaired) electrons. The molecule has 0 saturated carbocycles. The van der Waals surface area contributed by atoms with Crippen LogP contribution in [0.2, 0.25) is 0 Å². The zero-order valence-electron chi connectivity index (χ0n) is 9.33. The van der Waals surface area contributed by atoms with Crippen molar-refractivity contribution in [3.63, 3.8) is 0 Å². The average molecular weight is 238 g/mol. The summed E-state index contributed by atoms with van der Waals surface area (Å²) in [6.07, 6.45) is 0. The molecule has 15 heavy (non-hydrogen) atoms. The maximum Gasteiger partial charge on any atom is 1.00 e. The van der Waals surface area contributed by atoms with E-state index >= 15 is 0 Å². The molecule has 1 aromatic rings. The normalized spacial score (nSPS) is 13.1. The second kappa shape index (κ2) is 5.55. The standard InChI is InChI=1S/C10H13FO2S.Na/c1-10(2,3)8-5-4-7(14(12)13)6-9(8)11;/h4-6H,1-3H3,(H,12,13);/q;+1/p-1. The third kappa shape index (κ3) is 3.96. The summed E-state index contributed by atoms with van der Waals surface area (Å²) in [4.78, 5) is -0.0181. The Labute approximate surface area is 114 Å². The van der Waals surface area contributed by atoms with Crippen LogP contribution in [0.4, 0.5) is 4.39 Å². The van der Waals surface area contributed by atoms with Crippen LogP contribution in [0, 0.1) is 5.82 Å². The van der Waals surface area contributed by atoms with Crippen LogP contribution >= 0.6 is 0 Å². The molecule has 0 N–H and O–H groups in total. The van der Waals surface area contributed by atoms with Crippen LogP contribution < -0.4 is 29.6 Å². The average Bonchev–Trinajstić information content (AvgIpc) is 2.01. The summed E-state index contributed by atoms with van der Waals surface area (Å²) in [7, 11) is 0. The first-order valence-electron chi connectivity index (χ1n) is 4.21. The molecular weight excluding hydrogens is 226 g/mol. The smallest absolute Gasteiger partial charge is 0.768 e. The summed E-state index contributed by atoms with van der Waals surface area (Å²) in [6, 6.07) is 3.97. The van der Waals surface area contributed by atoms with E-state index in [4.69, 9.17) is 0 Å². The van der Waals surface area contributed by atoms with E-state index in [9.17, 15) is 13.2 Å². The van der Waals surface area contributed by atoms with Gasteiger partial charge in [0.1, 0.15) is 5.82 Å². The SMILES string of the molecule is CC(C)(C)c1ccc(S(=O)[O-])cc1F.[Na+]. The van der Waals surface area contributed by atoms with Crippen LogP contribution in [0.1, 0.15) is 26.3 Å². The fraction of sp³-hybridized carbons (Fsp3) is 0.400.